The molecule has 0 unspecified atom stereocenters. The first-order chi connectivity index (χ1) is 7.63. The fourth-order valence-electron chi connectivity index (χ4n) is 0.932. The van der Waals surface area contributed by atoms with Crippen molar-refractivity contribution in [3.8, 4) is 18.1 Å². The summed E-state index contributed by atoms with van der Waals surface area (Å²) in [5.41, 5.74) is 0. The molecule has 0 aromatic heterocycles. The molecule has 1 rings (SSSR count). The predicted octanol–water partition coefficient (Wildman–Crippen LogP) is 1.72. The van der Waals surface area contributed by atoms with Crippen molar-refractivity contribution in [2.45, 2.75) is 0 Å². The van der Waals surface area contributed by atoms with Gasteiger partial charge in [-0.25, -0.2) is 4.39 Å². The molecule has 84 valence electrons. The molecule has 0 radical (unpaired) electrons. The van der Waals surface area contributed by atoms with E-state index in [1.165, 1.54) is 18.2 Å². The Morgan fingerprint density at radius 1 is 1.62 bits per heavy atom. The third-order valence-electron chi connectivity index (χ3n) is 1.64. The molecule has 1 amide bonds. The van der Waals surface area contributed by atoms with Crippen LogP contribution in [0.1, 0.15) is 0 Å². The second kappa shape index (κ2) is 6.13. The van der Waals surface area contributed by atoms with Crippen molar-refractivity contribution in [1.82, 2.24) is 5.32 Å². The summed E-state index contributed by atoms with van der Waals surface area (Å²) in [5.74, 6) is 1.75. The van der Waals surface area contributed by atoms with E-state index < -0.39 is 5.82 Å². The third-order valence-corrected chi connectivity index (χ3v) is 2.29. The van der Waals surface area contributed by atoms with Gasteiger partial charge in [0, 0.05) is 6.07 Å². The standard InChI is InChI=1S/C11H9BrFNO2/c1-2-5-14-11(15)7-16-10-6-8(13)3-4-9(10)12/h1,3-4,6H,5,7H2,(H,14,15). The number of amides is 1. The molecule has 0 heterocycles. The monoisotopic (exact) mass is 285 g/mol. The maximum atomic E-state index is 12.8. The third kappa shape index (κ3) is 3.91. The highest BCUT2D eigenvalue weighted by Gasteiger charge is 2.05. The quantitative estimate of drug-likeness (QED) is 0.856. The van der Waals surface area contributed by atoms with E-state index in [-0.39, 0.29) is 24.8 Å². The lowest BCUT2D eigenvalue weighted by Crippen LogP contribution is -2.29. The number of rotatable bonds is 4. The van der Waals surface area contributed by atoms with Gasteiger partial charge in [-0.15, -0.1) is 6.42 Å². The van der Waals surface area contributed by atoms with E-state index in [1.807, 2.05) is 0 Å². The number of hydrogen-bond donors (Lipinski definition) is 1. The largest absolute Gasteiger partial charge is 0.482 e. The van der Waals surface area contributed by atoms with Gasteiger partial charge in [0.05, 0.1) is 11.0 Å². The maximum Gasteiger partial charge on any atom is 0.258 e. The summed E-state index contributed by atoms with van der Waals surface area (Å²) in [7, 11) is 0. The summed E-state index contributed by atoms with van der Waals surface area (Å²) in [5, 5.41) is 2.43. The zero-order chi connectivity index (χ0) is 12.0. The van der Waals surface area contributed by atoms with Gasteiger partial charge < -0.3 is 10.1 Å². The average molecular weight is 286 g/mol. The summed E-state index contributed by atoms with van der Waals surface area (Å²) in [4.78, 5) is 11.1. The molecule has 0 aliphatic heterocycles. The minimum atomic E-state index is -0.428. The van der Waals surface area contributed by atoms with Gasteiger partial charge in [0.2, 0.25) is 0 Å². The molecule has 0 saturated carbocycles. The first-order valence-electron chi connectivity index (χ1n) is 4.41. The van der Waals surface area contributed by atoms with Crippen LogP contribution in [0.15, 0.2) is 22.7 Å². The Balaban J connectivity index is 2.51. The number of hydrogen-bond acceptors (Lipinski definition) is 2. The van der Waals surface area contributed by atoms with Crippen LogP contribution in [0.5, 0.6) is 5.75 Å². The Morgan fingerprint density at radius 3 is 3.06 bits per heavy atom. The molecule has 0 aliphatic rings. The van der Waals surface area contributed by atoms with E-state index in [1.54, 1.807) is 0 Å². The highest BCUT2D eigenvalue weighted by molar-refractivity contribution is 9.10. The van der Waals surface area contributed by atoms with Crippen LogP contribution in [0.25, 0.3) is 0 Å². The molecule has 0 saturated heterocycles. The Kier molecular flexibility index (Phi) is 4.80. The van der Waals surface area contributed by atoms with Crippen molar-refractivity contribution < 1.29 is 13.9 Å². The lowest BCUT2D eigenvalue weighted by molar-refractivity contribution is -0.122. The van der Waals surface area contributed by atoms with Gasteiger partial charge in [-0.05, 0) is 28.1 Å². The topological polar surface area (TPSA) is 38.3 Å². The molecule has 5 heteroatoms. The Hall–Kier alpha value is -1.54. The van der Waals surface area contributed by atoms with Gasteiger partial charge in [-0.3, -0.25) is 4.79 Å². The SMILES string of the molecule is C#CCNC(=O)COc1cc(F)ccc1Br. The number of nitrogens with one attached hydrogen (secondary N) is 1. The fraction of sp³-hybridized carbons (Fsp3) is 0.182. The maximum absolute atomic E-state index is 12.8. The van der Waals surface area contributed by atoms with Crippen LogP contribution in [-0.4, -0.2) is 19.1 Å². The summed E-state index contributed by atoms with van der Waals surface area (Å²) < 4.78 is 18.5. The van der Waals surface area contributed by atoms with Gasteiger partial charge >= 0.3 is 0 Å². The van der Waals surface area contributed by atoms with Crippen molar-refractivity contribution in [2.24, 2.45) is 0 Å². The minimum absolute atomic E-state index is 0.145. The number of carbonyl (C=O) groups excluding carboxylic acids is 1. The molecular formula is C11H9BrFNO2. The second-order valence-corrected chi connectivity index (χ2v) is 3.70. The van der Waals surface area contributed by atoms with Crippen molar-refractivity contribution in [1.29, 1.82) is 0 Å². The number of carbonyl (C=O) groups is 1. The summed E-state index contributed by atoms with van der Waals surface area (Å²) in [6.07, 6.45) is 4.97. The van der Waals surface area contributed by atoms with Crippen LogP contribution in [0, 0.1) is 18.2 Å². The smallest absolute Gasteiger partial charge is 0.258 e. The van der Waals surface area contributed by atoms with E-state index in [4.69, 9.17) is 11.2 Å². The molecule has 1 aromatic carbocycles. The average Bonchev–Trinajstić information content (AvgIpc) is 2.27. The molecule has 3 nitrogen and oxygen atoms in total. The summed E-state index contributed by atoms with van der Waals surface area (Å²) in [6, 6.07) is 3.98. The normalized spacial score (nSPS) is 9.31. The molecule has 0 spiro atoms. The fourth-order valence-corrected chi connectivity index (χ4v) is 1.29. The van der Waals surface area contributed by atoms with E-state index in [9.17, 15) is 9.18 Å². The van der Waals surface area contributed by atoms with Crippen LogP contribution in [-0.2, 0) is 4.79 Å². The van der Waals surface area contributed by atoms with E-state index in [0.717, 1.165) is 0 Å². The van der Waals surface area contributed by atoms with Crippen LogP contribution in [0.4, 0.5) is 4.39 Å². The summed E-state index contributed by atoms with van der Waals surface area (Å²) >= 11 is 3.18. The van der Waals surface area contributed by atoms with Gasteiger partial charge in [0.15, 0.2) is 6.61 Å². The molecule has 0 atom stereocenters. The van der Waals surface area contributed by atoms with Crippen LogP contribution in [0.2, 0.25) is 0 Å². The lowest BCUT2D eigenvalue weighted by atomic mass is 10.3. The Morgan fingerprint density at radius 2 is 2.38 bits per heavy atom. The molecular weight excluding hydrogens is 277 g/mol. The van der Waals surface area contributed by atoms with E-state index >= 15 is 0 Å². The van der Waals surface area contributed by atoms with Crippen molar-refractivity contribution >= 4 is 21.8 Å². The van der Waals surface area contributed by atoms with Crippen LogP contribution >= 0.6 is 15.9 Å². The van der Waals surface area contributed by atoms with Crippen LogP contribution in [0.3, 0.4) is 0 Å². The molecule has 1 N–H and O–H groups in total. The van der Waals surface area contributed by atoms with Gasteiger partial charge in [0.1, 0.15) is 11.6 Å². The van der Waals surface area contributed by atoms with Gasteiger partial charge in [-0.2, -0.15) is 0 Å². The van der Waals surface area contributed by atoms with E-state index in [2.05, 4.69) is 27.2 Å². The number of ether oxygens (including phenoxy) is 1. The van der Waals surface area contributed by atoms with E-state index in [0.29, 0.717) is 4.47 Å². The first-order valence-corrected chi connectivity index (χ1v) is 5.21. The molecule has 0 bridgehead atoms. The van der Waals surface area contributed by atoms with Gasteiger partial charge in [-0.1, -0.05) is 5.92 Å². The number of terminal acetylenes is 1. The van der Waals surface area contributed by atoms with Crippen molar-refractivity contribution in [2.75, 3.05) is 13.2 Å². The molecule has 0 aliphatic carbocycles. The molecule has 1 aromatic rings. The molecule has 0 fully saturated rings. The zero-order valence-corrected chi connectivity index (χ0v) is 9.88. The van der Waals surface area contributed by atoms with Crippen LogP contribution < -0.4 is 10.1 Å². The molecule has 16 heavy (non-hydrogen) atoms. The highest BCUT2D eigenvalue weighted by atomic mass is 79.9. The lowest BCUT2D eigenvalue weighted by Gasteiger charge is -2.07. The van der Waals surface area contributed by atoms with Crippen molar-refractivity contribution in [3.05, 3.63) is 28.5 Å². The first kappa shape index (κ1) is 12.5. The summed E-state index contributed by atoms with van der Waals surface area (Å²) in [6.45, 7) is -0.0593. The van der Waals surface area contributed by atoms with Crippen molar-refractivity contribution in [3.63, 3.8) is 0 Å². The number of halogens is 2. The highest BCUT2D eigenvalue weighted by Crippen LogP contribution is 2.25. The van der Waals surface area contributed by atoms with Gasteiger partial charge in [0.25, 0.3) is 5.91 Å². The Bertz CT molecular complexity index is 428. The minimum Gasteiger partial charge on any atom is -0.482 e. The Labute approximate surface area is 101 Å². The second-order valence-electron chi connectivity index (χ2n) is 2.84. The zero-order valence-electron chi connectivity index (χ0n) is 8.30. The predicted molar refractivity (Wildman–Crippen MR) is 61.4 cm³/mol. The number of benzene rings is 1.